The molecular weight excluding hydrogens is 725 g/mol. The minimum Gasteiger partial charge on any atom is -0.370 e. The van der Waals surface area contributed by atoms with E-state index in [1.165, 1.54) is 0 Å². The Bertz CT molecular complexity index is 2080. The van der Waals surface area contributed by atoms with Crippen LogP contribution in [0.5, 0.6) is 0 Å². The molecule has 0 saturated carbocycles. The number of aromatic amines is 2. The van der Waals surface area contributed by atoms with Gasteiger partial charge in [0.2, 0.25) is 11.8 Å². The molecule has 0 bridgehead atoms. The van der Waals surface area contributed by atoms with Crippen LogP contribution >= 0.6 is 0 Å². The summed E-state index contributed by atoms with van der Waals surface area (Å²) in [5.41, 5.74) is 12.4. The van der Waals surface area contributed by atoms with Crippen molar-refractivity contribution in [2.75, 3.05) is 39.3 Å². The third-order valence-corrected chi connectivity index (χ3v) is 10.8. The van der Waals surface area contributed by atoms with Gasteiger partial charge in [-0.1, -0.05) is 113 Å². The normalized spacial score (nSPS) is 15.5. The van der Waals surface area contributed by atoms with Gasteiger partial charge in [0.25, 0.3) is 0 Å². The number of hydrogen-bond donors (Lipinski definition) is 4. The molecule has 5 aromatic rings. The molecule has 1 fully saturated rings. The van der Waals surface area contributed by atoms with E-state index in [0.29, 0.717) is 31.4 Å². The lowest BCUT2D eigenvalue weighted by molar-refractivity contribution is -0.138. The average Bonchev–Trinajstić information content (AvgIpc) is 4.09. The van der Waals surface area contributed by atoms with Crippen molar-refractivity contribution >= 4 is 17.8 Å². The molecule has 5 N–H and O–H groups in total. The Hall–Kier alpha value is -5.75. The Balaban J connectivity index is 0.000000865. The third-order valence-electron chi connectivity index (χ3n) is 10.8. The molecule has 2 atom stereocenters. The average molecular weight is 785 g/mol. The zero-order valence-corrected chi connectivity index (χ0v) is 34.7. The van der Waals surface area contributed by atoms with E-state index in [-0.39, 0.29) is 23.9 Å². The number of likely N-dealkylation sites (tertiary alicyclic amines) is 1. The van der Waals surface area contributed by atoms with E-state index < -0.39 is 0 Å². The number of nitrogens with one attached hydrogen (secondary N) is 3. The van der Waals surface area contributed by atoms with Crippen molar-refractivity contribution < 1.29 is 9.59 Å². The largest absolute Gasteiger partial charge is 0.370 e. The van der Waals surface area contributed by atoms with Crippen LogP contribution in [-0.2, 0) is 16.1 Å². The van der Waals surface area contributed by atoms with Crippen LogP contribution in [0.4, 0.5) is 0 Å². The zero-order valence-electron chi connectivity index (χ0n) is 34.7. The number of likely N-dealkylation sites (N-methyl/N-ethyl adjacent to an activating group) is 1. The highest BCUT2D eigenvalue weighted by Crippen LogP contribution is 2.33. The fraction of sp³-hybridized carbons (Fsp3) is 0.413. The van der Waals surface area contributed by atoms with Gasteiger partial charge in [0.1, 0.15) is 17.7 Å². The Morgan fingerprint density at radius 2 is 1.47 bits per heavy atom. The fourth-order valence-electron chi connectivity index (χ4n) is 7.78. The predicted molar refractivity (Wildman–Crippen MR) is 232 cm³/mol. The lowest BCUT2D eigenvalue weighted by Gasteiger charge is -2.33. The second-order valence-electron chi connectivity index (χ2n) is 15.4. The van der Waals surface area contributed by atoms with Gasteiger partial charge in [-0.05, 0) is 66.1 Å². The number of aromatic nitrogens is 4. The van der Waals surface area contributed by atoms with Crippen LogP contribution in [0.1, 0.15) is 89.6 Å². The van der Waals surface area contributed by atoms with E-state index in [4.69, 9.17) is 15.7 Å². The molecule has 0 spiro atoms. The van der Waals surface area contributed by atoms with Gasteiger partial charge in [0, 0.05) is 26.1 Å². The number of rotatable bonds is 15. The maximum Gasteiger partial charge on any atom is 0.244 e. The molecule has 2 unspecified atom stereocenters. The number of benzene rings is 3. The highest BCUT2D eigenvalue weighted by Gasteiger charge is 2.32. The Morgan fingerprint density at radius 1 is 0.845 bits per heavy atom. The van der Waals surface area contributed by atoms with Gasteiger partial charge in [-0.2, -0.15) is 0 Å². The van der Waals surface area contributed by atoms with Crippen molar-refractivity contribution in [2.45, 2.75) is 78.9 Å². The molecule has 2 aromatic heterocycles. The first-order valence-electron chi connectivity index (χ1n) is 20.9. The summed E-state index contributed by atoms with van der Waals surface area (Å²) >= 11 is 0. The molecule has 12 heteroatoms. The minimum atomic E-state index is -0.329. The van der Waals surface area contributed by atoms with Gasteiger partial charge in [0.15, 0.2) is 5.96 Å². The summed E-state index contributed by atoms with van der Waals surface area (Å²) < 4.78 is 0. The third kappa shape index (κ3) is 10.4. The molecular formula is C46H60N10O2. The van der Waals surface area contributed by atoms with Crippen LogP contribution in [0.3, 0.4) is 0 Å². The Morgan fingerprint density at radius 3 is 2.02 bits per heavy atom. The van der Waals surface area contributed by atoms with Gasteiger partial charge in [0.05, 0.1) is 42.9 Å². The molecule has 306 valence electrons. The van der Waals surface area contributed by atoms with E-state index in [1.807, 2.05) is 52.5 Å². The maximum absolute atomic E-state index is 14.1. The first-order valence-corrected chi connectivity index (χ1v) is 20.9. The lowest BCUT2D eigenvalue weighted by atomic mass is 10.0. The van der Waals surface area contributed by atoms with Crippen molar-refractivity contribution in [1.82, 2.24) is 40.0 Å². The van der Waals surface area contributed by atoms with Crippen molar-refractivity contribution in [3.63, 3.8) is 0 Å². The quantitative estimate of drug-likeness (QED) is 0.0855. The smallest absolute Gasteiger partial charge is 0.244 e. The first-order chi connectivity index (χ1) is 28.2. The second kappa shape index (κ2) is 20.1. The van der Waals surface area contributed by atoms with Crippen molar-refractivity contribution in [2.24, 2.45) is 16.6 Å². The molecule has 58 heavy (non-hydrogen) atoms. The number of hydrogen-bond acceptors (Lipinski definition) is 8. The Labute approximate surface area is 343 Å². The van der Waals surface area contributed by atoms with Crippen LogP contribution < -0.4 is 11.1 Å². The van der Waals surface area contributed by atoms with E-state index in [9.17, 15) is 9.59 Å². The fourth-order valence-corrected chi connectivity index (χ4v) is 7.78. The number of H-pyrrole nitrogens is 2. The summed E-state index contributed by atoms with van der Waals surface area (Å²) in [7, 11) is 0. The summed E-state index contributed by atoms with van der Waals surface area (Å²) in [6.45, 7) is 15.7. The summed E-state index contributed by atoms with van der Waals surface area (Å²) in [5.74, 6) is 2.88. The Kier molecular flexibility index (Phi) is 14.5. The number of carbonyl (C=O) groups is 2. The molecule has 7 rings (SSSR count). The van der Waals surface area contributed by atoms with Gasteiger partial charge >= 0.3 is 0 Å². The van der Waals surface area contributed by atoms with Gasteiger partial charge < -0.3 is 30.8 Å². The number of aliphatic imine (C=N–C) groups is 1. The highest BCUT2D eigenvalue weighted by molar-refractivity contribution is 5.83. The van der Waals surface area contributed by atoms with Gasteiger partial charge in [-0.25, -0.2) is 9.97 Å². The molecule has 0 aliphatic carbocycles. The number of amides is 2. The molecule has 2 amide bonds. The SMILES string of the molecule is CCCN(Cc1ncc(-c2ccc(-c3ccc(-c4cnc(C5CCCN5C(=O)CC(C)C)[nH]4)cc3)cc2)[nH]1)C(=O)C(c1ccccc1)N(CC)CC.NC1=NCCN1. The second-order valence-corrected chi connectivity index (χ2v) is 15.4. The monoisotopic (exact) mass is 784 g/mol. The van der Waals surface area contributed by atoms with E-state index in [0.717, 1.165) is 103 Å². The summed E-state index contributed by atoms with van der Waals surface area (Å²) in [5, 5.41) is 2.85. The standard InChI is InChI=1S/C43H53N7O2.C3H7N3/c1-6-24-49(43(52)41(48(7-2)8-3)35-13-10-9-11-14-35)29-39-44-27-36(46-39)33-20-16-31(17-21-33)32-18-22-34(23-19-32)37-28-45-42(47-37)38-15-12-25-50(38)40(51)26-30(4)5;4-3-5-1-2-6-3/h9-11,13-14,16-23,27-28,30,38,41H,6-8,12,15,24-26,29H2,1-5H3,(H,44,46)(H,45,47);1-2H2,(H3,4,5,6). The minimum absolute atomic E-state index is 0.0195. The summed E-state index contributed by atoms with van der Waals surface area (Å²) in [6, 6.07) is 26.8. The van der Waals surface area contributed by atoms with Crippen molar-refractivity contribution in [1.29, 1.82) is 0 Å². The number of carbonyl (C=O) groups excluding carboxylic acids is 2. The van der Waals surface area contributed by atoms with Crippen LogP contribution in [0.25, 0.3) is 33.6 Å². The number of nitrogens with zero attached hydrogens (tertiary/aromatic N) is 6. The van der Waals surface area contributed by atoms with E-state index in [2.05, 4.69) is 108 Å². The van der Waals surface area contributed by atoms with Gasteiger partial charge in [-0.3, -0.25) is 19.5 Å². The van der Waals surface area contributed by atoms with Crippen LogP contribution in [0.2, 0.25) is 0 Å². The molecule has 3 aromatic carbocycles. The van der Waals surface area contributed by atoms with Crippen LogP contribution in [-0.4, -0.2) is 91.7 Å². The summed E-state index contributed by atoms with van der Waals surface area (Å²) in [6.07, 6.45) is 7.12. The molecule has 12 nitrogen and oxygen atoms in total. The van der Waals surface area contributed by atoms with Crippen molar-refractivity contribution in [3.05, 3.63) is 108 Å². The molecule has 4 heterocycles. The number of nitrogens with two attached hydrogens (primary N) is 1. The molecule has 2 aliphatic rings. The summed E-state index contributed by atoms with van der Waals surface area (Å²) in [4.78, 5) is 53.3. The van der Waals surface area contributed by atoms with Crippen molar-refractivity contribution in [3.8, 4) is 33.6 Å². The highest BCUT2D eigenvalue weighted by atomic mass is 16.2. The van der Waals surface area contributed by atoms with E-state index >= 15 is 0 Å². The first kappa shape index (κ1) is 41.9. The lowest BCUT2D eigenvalue weighted by Crippen LogP contribution is -2.43. The number of guanidine groups is 1. The van der Waals surface area contributed by atoms with Crippen LogP contribution in [0, 0.1) is 5.92 Å². The topological polar surface area (TPSA) is 152 Å². The predicted octanol–water partition coefficient (Wildman–Crippen LogP) is 7.57. The van der Waals surface area contributed by atoms with Gasteiger partial charge in [-0.15, -0.1) is 0 Å². The molecule has 1 saturated heterocycles. The van der Waals surface area contributed by atoms with E-state index in [1.54, 1.807) is 0 Å². The number of imidazole rings is 2. The van der Waals surface area contributed by atoms with Crippen LogP contribution in [0.15, 0.2) is 96.2 Å². The molecule has 2 aliphatic heterocycles. The zero-order chi connectivity index (χ0) is 41.0. The maximum atomic E-state index is 14.1. The molecule has 0 radical (unpaired) electrons.